The molecule has 234 valence electrons. The van der Waals surface area contributed by atoms with Crippen LogP contribution >= 0.6 is 0 Å². The smallest absolute Gasteiger partial charge is 0.419 e. The lowest BCUT2D eigenvalue weighted by Crippen LogP contribution is -2.31. The molecule has 2 aliphatic heterocycles. The minimum absolute atomic E-state index is 0.225. The molecule has 3 aromatic rings. The van der Waals surface area contributed by atoms with Gasteiger partial charge in [-0.05, 0) is 50.4 Å². The van der Waals surface area contributed by atoms with Crippen LogP contribution in [-0.2, 0) is 15.8 Å². The third-order valence-corrected chi connectivity index (χ3v) is 7.72. The summed E-state index contributed by atoms with van der Waals surface area (Å²) >= 11 is 0. The number of carbonyl (C=O) groups excluding carboxylic acids is 1. The summed E-state index contributed by atoms with van der Waals surface area (Å²) in [6, 6.07) is 7.79. The van der Waals surface area contributed by atoms with Gasteiger partial charge in [0, 0.05) is 37.7 Å². The van der Waals surface area contributed by atoms with Crippen LogP contribution in [0.3, 0.4) is 0 Å². The lowest BCUT2D eigenvalue weighted by molar-refractivity contribution is -0.140. The summed E-state index contributed by atoms with van der Waals surface area (Å²) in [5.74, 6) is -0.607. The van der Waals surface area contributed by atoms with E-state index in [1.165, 1.54) is 30.6 Å². The second-order valence-electron chi connectivity index (χ2n) is 10.7. The maximum absolute atomic E-state index is 13.9. The Balaban J connectivity index is 1.44. The van der Waals surface area contributed by atoms with Crippen LogP contribution in [0.25, 0.3) is 0 Å². The highest BCUT2D eigenvalue weighted by Crippen LogP contribution is 2.41. The van der Waals surface area contributed by atoms with Crippen molar-refractivity contribution >= 4 is 34.6 Å². The molecule has 1 amide bonds. The second kappa shape index (κ2) is 12.7. The highest BCUT2D eigenvalue weighted by atomic mass is 19.4. The predicted molar refractivity (Wildman–Crippen MR) is 159 cm³/mol. The zero-order chi connectivity index (χ0) is 31.6. The molecule has 2 aliphatic rings. The number of nitrogens with one attached hydrogen (secondary N) is 2. The van der Waals surface area contributed by atoms with Crippen molar-refractivity contribution in [3.63, 3.8) is 0 Å². The Labute approximate surface area is 252 Å². The molecule has 3 heterocycles. The Morgan fingerprint density at radius 1 is 1.16 bits per heavy atom. The standard InChI is InChI=1S/C30H33F4N7O3/c1-5-29(42)38-22-13-23(26(43-4)14-25(22)40-10-8-19(16-40)39(2)3)37-27-15-28(36-17-35-27)41-24(9-11-44-41)18-6-7-21(31)20(12-18)30(32,33)34/h5-7,12-15,17,19,24H,1,8-11,16H2,2-4H3,(H,38,42)(H,35,36,37)/t19-,24-/m1/s1. The molecule has 0 saturated carbocycles. The van der Waals surface area contributed by atoms with Crippen LogP contribution in [0.15, 0.2) is 55.4 Å². The van der Waals surface area contributed by atoms with Crippen molar-refractivity contribution in [3.8, 4) is 5.75 Å². The van der Waals surface area contributed by atoms with Gasteiger partial charge in [0.2, 0.25) is 5.91 Å². The van der Waals surface area contributed by atoms with Gasteiger partial charge in [-0.25, -0.2) is 19.4 Å². The quantitative estimate of drug-likeness (QED) is 0.238. The summed E-state index contributed by atoms with van der Waals surface area (Å²) in [5.41, 5.74) is 0.735. The van der Waals surface area contributed by atoms with Gasteiger partial charge in [-0.1, -0.05) is 12.6 Å². The monoisotopic (exact) mass is 615 g/mol. The summed E-state index contributed by atoms with van der Waals surface area (Å²) in [4.78, 5) is 31.0. The van der Waals surface area contributed by atoms with Crippen LogP contribution in [0, 0.1) is 5.82 Å². The number of carbonyl (C=O) groups is 1. The number of benzene rings is 2. The normalized spacial score (nSPS) is 18.5. The van der Waals surface area contributed by atoms with Gasteiger partial charge in [0.05, 0.1) is 42.4 Å². The zero-order valence-electron chi connectivity index (χ0n) is 24.5. The fraction of sp³-hybridized carbons (Fsp3) is 0.367. The van der Waals surface area contributed by atoms with E-state index in [-0.39, 0.29) is 23.9 Å². The number of hydrogen-bond donors (Lipinski definition) is 2. The Kier molecular flexibility index (Phi) is 8.92. The van der Waals surface area contributed by atoms with Gasteiger partial charge < -0.3 is 25.2 Å². The number of anilines is 5. The first-order valence-corrected chi connectivity index (χ1v) is 13.9. The summed E-state index contributed by atoms with van der Waals surface area (Å²) in [6.45, 7) is 5.35. The summed E-state index contributed by atoms with van der Waals surface area (Å²) in [5, 5.41) is 7.47. The first-order valence-electron chi connectivity index (χ1n) is 13.9. The average molecular weight is 616 g/mol. The minimum Gasteiger partial charge on any atom is -0.494 e. The van der Waals surface area contributed by atoms with E-state index in [9.17, 15) is 22.4 Å². The largest absolute Gasteiger partial charge is 0.494 e. The lowest BCUT2D eigenvalue weighted by atomic mass is 10.0. The lowest BCUT2D eigenvalue weighted by Gasteiger charge is -2.26. The molecule has 2 fully saturated rings. The van der Waals surface area contributed by atoms with Crippen LogP contribution in [0.1, 0.15) is 30.0 Å². The Bertz CT molecular complexity index is 1530. The number of halogens is 4. The number of hydrogen-bond acceptors (Lipinski definition) is 9. The number of nitrogens with zero attached hydrogens (tertiary/aromatic N) is 5. The van der Waals surface area contributed by atoms with E-state index >= 15 is 0 Å². The molecule has 0 radical (unpaired) electrons. The van der Waals surface area contributed by atoms with Crippen molar-refractivity contribution in [2.75, 3.05) is 61.5 Å². The van der Waals surface area contributed by atoms with Gasteiger partial charge in [0.1, 0.15) is 23.7 Å². The molecule has 2 N–H and O–H groups in total. The van der Waals surface area contributed by atoms with Gasteiger partial charge in [0.25, 0.3) is 0 Å². The molecule has 2 atom stereocenters. The van der Waals surface area contributed by atoms with Crippen molar-refractivity contribution in [2.24, 2.45) is 0 Å². The maximum Gasteiger partial charge on any atom is 0.419 e. The van der Waals surface area contributed by atoms with E-state index in [2.05, 4.69) is 37.0 Å². The molecular formula is C30H33F4N7O3. The van der Waals surface area contributed by atoms with E-state index in [0.29, 0.717) is 35.4 Å². The second-order valence-corrected chi connectivity index (χ2v) is 10.7. The molecule has 0 spiro atoms. The van der Waals surface area contributed by atoms with E-state index in [1.54, 1.807) is 12.1 Å². The van der Waals surface area contributed by atoms with Crippen molar-refractivity contribution < 1.29 is 31.9 Å². The highest BCUT2D eigenvalue weighted by Gasteiger charge is 2.37. The number of alkyl halides is 3. The summed E-state index contributed by atoms with van der Waals surface area (Å²) in [6.07, 6.45) is -1.03. The Morgan fingerprint density at radius 2 is 1.95 bits per heavy atom. The van der Waals surface area contributed by atoms with Gasteiger partial charge in [-0.15, -0.1) is 0 Å². The molecule has 44 heavy (non-hydrogen) atoms. The van der Waals surface area contributed by atoms with Crippen LogP contribution in [0.2, 0.25) is 0 Å². The fourth-order valence-corrected chi connectivity index (χ4v) is 5.40. The topological polar surface area (TPSA) is 95.1 Å². The SMILES string of the molecule is C=CC(=O)Nc1cc(Nc2cc(N3OCC[C@@H]3c3ccc(F)c(C(F)(F)F)c3)ncn2)c(OC)cc1N1CC[C@@H](N(C)C)C1. The number of rotatable bonds is 9. The van der Waals surface area contributed by atoms with Crippen molar-refractivity contribution in [3.05, 3.63) is 72.3 Å². The summed E-state index contributed by atoms with van der Waals surface area (Å²) in [7, 11) is 5.60. The van der Waals surface area contributed by atoms with Crippen LogP contribution < -0.4 is 25.3 Å². The maximum atomic E-state index is 13.9. The molecule has 2 saturated heterocycles. The first-order chi connectivity index (χ1) is 21.0. The molecule has 0 unspecified atom stereocenters. The number of hydroxylamine groups is 1. The number of aromatic nitrogens is 2. The van der Waals surface area contributed by atoms with Gasteiger partial charge in [0.15, 0.2) is 5.82 Å². The molecular weight excluding hydrogens is 582 g/mol. The predicted octanol–water partition coefficient (Wildman–Crippen LogP) is 5.53. The van der Waals surface area contributed by atoms with Crippen LogP contribution in [0.5, 0.6) is 5.75 Å². The first kappa shape index (κ1) is 31.0. The molecule has 10 nitrogen and oxygen atoms in total. The van der Waals surface area contributed by atoms with Gasteiger partial charge in [-0.3, -0.25) is 9.63 Å². The van der Waals surface area contributed by atoms with Crippen molar-refractivity contribution in [1.82, 2.24) is 14.9 Å². The van der Waals surface area contributed by atoms with Crippen molar-refractivity contribution in [2.45, 2.75) is 31.1 Å². The molecule has 5 rings (SSSR count). The number of likely N-dealkylation sites (N-methyl/N-ethyl adjacent to an activating group) is 1. The molecule has 0 aliphatic carbocycles. The molecule has 1 aromatic heterocycles. The minimum atomic E-state index is -4.84. The van der Waals surface area contributed by atoms with Crippen molar-refractivity contribution in [1.29, 1.82) is 0 Å². The van der Waals surface area contributed by atoms with E-state index in [4.69, 9.17) is 9.57 Å². The van der Waals surface area contributed by atoms with Gasteiger partial charge >= 0.3 is 6.18 Å². The van der Waals surface area contributed by atoms with E-state index in [0.717, 1.165) is 37.3 Å². The van der Waals surface area contributed by atoms with E-state index < -0.39 is 23.6 Å². The van der Waals surface area contributed by atoms with Crippen LogP contribution in [-0.4, -0.2) is 67.7 Å². The third-order valence-electron chi connectivity index (χ3n) is 7.72. The highest BCUT2D eigenvalue weighted by molar-refractivity contribution is 6.02. The Morgan fingerprint density at radius 3 is 2.64 bits per heavy atom. The molecule has 2 aromatic carbocycles. The number of ether oxygens (including phenoxy) is 1. The fourth-order valence-electron chi connectivity index (χ4n) is 5.40. The molecule has 0 bridgehead atoms. The van der Waals surface area contributed by atoms with E-state index in [1.807, 2.05) is 20.2 Å². The van der Waals surface area contributed by atoms with Gasteiger partial charge in [-0.2, -0.15) is 13.2 Å². The molecule has 14 heteroatoms. The average Bonchev–Trinajstić information content (AvgIpc) is 3.68. The summed E-state index contributed by atoms with van der Waals surface area (Å²) < 4.78 is 59.8. The Hall–Kier alpha value is -4.43. The number of methoxy groups -OCH3 is 1. The van der Waals surface area contributed by atoms with Crippen LogP contribution in [0.4, 0.5) is 46.3 Å². The zero-order valence-corrected chi connectivity index (χ0v) is 24.5. The third kappa shape index (κ3) is 6.55. The number of amides is 1.